The summed E-state index contributed by atoms with van der Waals surface area (Å²) in [7, 11) is 2.14. The van der Waals surface area contributed by atoms with E-state index in [-0.39, 0.29) is 18.5 Å². The van der Waals surface area contributed by atoms with E-state index in [1.54, 1.807) is 6.07 Å². The van der Waals surface area contributed by atoms with Gasteiger partial charge in [-0.15, -0.1) is 10.2 Å². The third-order valence-electron chi connectivity index (χ3n) is 6.07. The van der Waals surface area contributed by atoms with Crippen molar-refractivity contribution in [2.75, 3.05) is 25.0 Å². The van der Waals surface area contributed by atoms with E-state index in [1.807, 2.05) is 23.1 Å². The van der Waals surface area contributed by atoms with Gasteiger partial charge in [0.05, 0.1) is 5.02 Å². The second-order valence-electron chi connectivity index (χ2n) is 8.17. The Morgan fingerprint density at radius 2 is 2.07 bits per heavy atom. The highest BCUT2D eigenvalue weighted by Crippen LogP contribution is 2.45. The van der Waals surface area contributed by atoms with E-state index >= 15 is 0 Å². The maximum absolute atomic E-state index is 13.4. The molecule has 2 aromatic carbocycles. The molecule has 154 valence electrons. The van der Waals surface area contributed by atoms with Gasteiger partial charge >= 0.3 is 0 Å². The van der Waals surface area contributed by atoms with Gasteiger partial charge in [0, 0.05) is 29.8 Å². The minimum absolute atomic E-state index is 0.0136. The lowest BCUT2D eigenvalue weighted by Crippen LogP contribution is -2.48. The van der Waals surface area contributed by atoms with Crippen LogP contribution in [-0.4, -0.2) is 57.2 Å². The summed E-state index contributed by atoms with van der Waals surface area (Å²) < 4.78 is 0. The smallest absolute Gasteiger partial charge is 0.250 e. The number of tetrazole rings is 1. The van der Waals surface area contributed by atoms with Crippen LogP contribution in [0.3, 0.4) is 0 Å². The van der Waals surface area contributed by atoms with Crippen molar-refractivity contribution in [2.24, 2.45) is 0 Å². The van der Waals surface area contributed by atoms with Crippen LogP contribution in [0.15, 0.2) is 42.5 Å². The highest BCUT2D eigenvalue weighted by Gasteiger charge is 2.43. The van der Waals surface area contributed by atoms with Gasteiger partial charge in [-0.3, -0.25) is 4.79 Å². The molecular weight excluding hydrogens is 400 g/mol. The summed E-state index contributed by atoms with van der Waals surface area (Å²) in [5, 5.41) is 13.1. The van der Waals surface area contributed by atoms with Crippen LogP contribution < -0.4 is 4.90 Å². The highest BCUT2D eigenvalue weighted by molar-refractivity contribution is 6.33. The van der Waals surface area contributed by atoms with Crippen LogP contribution in [0.4, 0.5) is 5.69 Å². The van der Waals surface area contributed by atoms with E-state index in [9.17, 15) is 4.79 Å². The first-order valence-electron chi connectivity index (χ1n) is 10.1. The Morgan fingerprint density at radius 3 is 2.90 bits per heavy atom. The fourth-order valence-electron chi connectivity index (χ4n) is 4.66. The van der Waals surface area contributed by atoms with Crippen LogP contribution in [0.2, 0.25) is 5.02 Å². The van der Waals surface area contributed by atoms with Crippen LogP contribution in [0.5, 0.6) is 0 Å². The molecule has 5 rings (SSSR count). The van der Waals surface area contributed by atoms with Crippen molar-refractivity contribution in [1.82, 2.24) is 25.1 Å². The molecule has 1 amide bonds. The molecule has 30 heavy (non-hydrogen) atoms. The summed E-state index contributed by atoms with van der Waals surface area (Å²) in [6.45, 7) is 4.09. The third kappa shape index (κ3) is 3.28. The second kappa shape index (κ2) is 7.49. The number of likely N-dealkylation sites (N-methyl/N-ethyl adjacent to an activating group) is 1. The number of likely N-dealkylation sites (tertiary alicyclic amines) is 1. The summed E-state index contributed by atoms with van der Waals surface area (Å²) in [5.74, 6) is 0.744. The minimum atomic E-state index is -0.0136. The number of hydrogen-bond donors (Lipinski definition) is 0. The van der Waals surface area contributed by atoms with E-state index in [4.69, 9.17) is 11.6 Å². The molecule has 0 aliphatic carbocycles. The van der Waals surface area contributed by atoms with Crippen LogP contribution in [0, 0.1) is 6.92 Å². The van der Waals surface area contributed by atoms with Gasteiger partial charge in [0.25, 0.3) is 5.91 Å². The van der Waals surface area contributed by atoms with Gasteiger partial charge in [-0.05, 0) is 55.9 Å². The second-order valence-corrected chi connectivity index (χ2v) is 8.58. The number of benzene rings is 2. The summed E-state index contributed by atoms with van der Waals surface area (Å²) in [5.41, 5.74) is 4.21. The molecule has 8 heteroatoms. The molecule has 2 unspecified atom stereocenters. The molecule has 2 aliphatic rings. The number of carbonyl (C=O) groups excluding carboxylic acids is 1. The fourth-order valence-corrected chi connectivity index (χ4v) is 4.88. The van der Waals surface area contributed by atoms with Crippen LogP contribution in [0.1, 0.15) is 23.5 Å². The zero-order valence-electron chi connectivity index (χ0n) is 17.0. The molecule has 2 atom stereocenters. The zero-order valence-corrected chi connectivity index (χ0v) is 17.8. The largest absolute Gasteiger partial charge is 0.307 e. The number of fused-ring (bicyclic) bond motifs is 3. The van der Waals surface area contributed by atoms with Crippen molar-refractivity contribution in [2.45, 2.75) is 31.8 Å². The summed E-state index contributed by atoms with van der Waals surface area (Å²) >= 11 is 6.24. The van der Waals surface area contributed by atoms with E-state index in [1.165, 1.54) is 15.9 Å². The summed E-state index contributed by atoms with van der Waals surface area (Å²) in [6.07, 6.45) is 0.955. The van der Waals surface area contributed by atoms with E-state index in [0.29, 0.717) is 22.3 Å². The van der Waals surface area contributed by atoms with Gasteiger partial charge in [-0.2, -0.15) is 4.80 Å². The van der Waals surface area contributed by atoms with Crippen molar-refractivity contribution in [3.63, 3.8) is 0 Å². The monoisotopic (exact) mass is 422 g/mol. The Morgan fingerprint density at radius 1 is 1.23 bits per heavy atom. The number of hydrogen-bond acceptors (Lipinski definition) is 5. The van der Waals surface area contributed by atoms with Gasteiger partial charge in [0.1, 0.15) is 6.54 Å². The predicted octanol–water partition coefficient (Wildman–Crippen LogP) is 3.14. The Hall–Kier alpha value is -2.77. The fraction of sp³-hybridized carbons (Fsp3) is 0.364. The standard InChI is InChI=1S/C22H23ClN6O/c1-14-7-8-19-16(11-14)17-12-27(2)10-9-20(17)29(19)21(30)13-28-25-22(24-26-28)15-5-3-4-6-18(15)23/h3-8,11,17,20H,9-10,12-13H2,1-2H3. The van der Waals surface area contributed by atoms with Crippen molar-refractivity contribution >= 4 is 23.2 Å². The number of amides is 1. The number of aromatic nitrogens is 4. The number of carbonyl (C=O) groups is 1. The quantitative estimate of drug-likeness (QED) is 0.648. The van der Waals surface area contributed by atoms with E-state index in [2.05, 4.69) is 52.5 Å². The average molecular weight is 423 g/mol. The Kier molecular flexibility index (Phi) is 4.79. The molecule has 7 nitrogen and oxygen atoms in total. The number of nitrogens with zero attached hydrogens (tertiary/aromatic N) is 6. The lowest BCUT2D eigenvalue weighted by molar-refractivity contribution is -0.120. The molecule has 1 saturated heterocycles. The number of anilines is 1. The van der Waals surface area contributed by atoms with Gasteiger partial charge in [0.2, 0.25) is 5.82 Å². The number of aryl methyl sites for hydroxylation is 1. The summed E-state index contributed by atoms with van der Waals surface area (Å²) in [4.78, 5) is 19.0. The van der Waals surface area contributed by atoms with Crippen LogP contribution >= 0.6 is 11.6 Å². The number of piperidine rings is 1. The first-order valence-corrected chi connectivity index (χ1v) is 10.5. The molecule has 0 radical (unpaired) electrons. The topological polar surface area (TPSA) is 67.2 Å². The molecule has 2 aliphatic heterocycles. The Balaban J connectivity index is 1.42. The molecular formula is C22H23ClN6O. The Bertz CT molecular complexity index is 1110. The van der Waals surface area contributed by atoms with Crippen molar-refractivity contribution in [3.05, 3.63) is 58.6 Å². The molecule has 0 bridgehead atoms. The number of rotatable bonds is 3. The highest BCUT2D eigenvalue weighted by atomic mass is 35.5. The van der Waals surface area contributed by atoms with Crippen molar-refractivity contribution < 1.29 is 4.79 Å². The molecule has 0 saturated carbocycles. The lowest BCUT2D eigenvalue weighted by Gasteiger charge is -2.36. The number of halogens is 1. The first kappa shape index (κ1) is 19.2. The molecule has 0 spiro atoms. The average Bonchev–Trinajstić information content (AvgIpc) is 3.30. The first-order chi connectivity index (χ1) is 14.5. The van der Waals surface area contributed by atoms with Crippen molar-refractivity contribution in [1.29, 1.82) is 0 Å². The lowest BCUT2D eigenvalue weighted by atomic mass is 9.89. The molecule has 3 aromatic rings. The van der Waals surface area contributed by atoms with Gasteiger partial charge in [-0.1, -0.05) is 41.4 Å². The molecule has 3 heterocycles. The molecule has 1 aromatic heterocycles. The van der Waals surface area contributed by atoms with E-state index < -0.39 is 0 Å². The van der Waals surface area contributed by atoms with E-state index in [0.717, 1.165) is 25.2 Å². The maximum Gasteiger partial charge on any atom is 0.250 e. The Labute approximate surface area is 180 Å². The molecule has 0 N–H and O–H groups in total. The van der Waals surface area contributed by atoms with Crippen molar-refractivity contribution in [3.8, 4) is 11.4 Å². The van der Waals surface area contributed by atoms with Gasteiger partial charge < -0.3 is 9.80 Å². The zero-order chi connectivity index (χ0) is 20.8. The van der Waals surface area contributed by atoms with Gasteiger partial charge in [-0.25, -0.2) is 0 Å². The normalized spacial score (nSPS) is 20.8. The summed E-state index contributed by atoms with van der Waals surface area (Å²) in [6, 6.07) is 13.9. The third-order valence-corrected chi connectivity index (χ3v) is 6.40. The predicted molar refractivity (Wildman–Crippen MR) is 116 cm³/mol. The van der Waals surface area contributed by atoms with Gasteiger partial charge in [0.15, 0.2) is 0 Å². The molecule has 1 fully saturated rings. The van der Waals surface area contributed by atoms with Crippen LogP contribution in [-0.2, 0) is 11.3 Å². The SMILES string of the molecule is Cc1ccc2c(c1)C1CN(C)CCC1N2C(=O)Cn1nnc(-c2ccccc2Cl)n1. The minimum Gasteiger partial charge on any atom is -0.307 e. The maximum atomic E-state index is 13.4. The van der Waals surface area contributed by atoms with Crippen LogP contribution in [0.25, 0.3) is 11.4 Å².